The van der Waals surface area contributed by atoms with Crippen molar-refractivity contribution in [3.63, 3.8) is 0 Å². The molecule has 6 heteroatoms. The molecule has 0 heterocycles. The molecule has 0 aliphatic heterocycles. The average molecular weight is 269 g/mol. The van der Waals surface area contributed by atoms with Gasteiger partial charge < -0.3 is 9.84 Å². The predicted octanol–water partition coefficient (Wildman–Crippen LogP) is 3.04. The number of ether oxygens (including phenoxy) is 1. The van der Waals surface area contributed by atoms with Gasteiger partial charge in [-0.2, -0.15) is 0 Å². The zero-order chi connectivity index (χ0) is 11.6. The van der Waals surface area contributed by atoms with Crippen LogP contribution in [0.15, 0.2) is 18.2 Å². The first-order valence-corrected chi connectivity index (χ1v) is 7.74. The lowest BCUT2D eigenvalue weighted by Crippen LogP contribution is -2.11. The van der Waals surface area contributed by atoms with Crippen LogP contribution in [0, 0.1) is 0 Å². The zero-order valence-electron chi connectivity index (χ0n) is 8.28. The van der Waals surface area contributed by atoms with Crippen molar-refractivity contribution in [3.05, 3.63) is 23.8 Å². The minimum atomic E-state index is -3.45. The molecule has 0 saturated carbocycles. The minimum absolute atomic E-state index is 0.222. The Bertz CT molecular complexity index is 400. The van der Waals surface area contributed by atoms with E-state index in [1.807, 2.05) is 0 Å². The normalized spacial score (nSPS) is 13.7. The summed E-state index contributed by atoms with van der Waals surface area (Å²) in [6.07, 6.45) is -0.845. The molecule has 3 nitrogen and oxygen atoms in total. The summed E-state index contributed by atoms with van der Waals surface area (Å²) in [5, 5.41) is 9.78. The largest absolute Gasteiger partial charge is 0.496 e. The molecule has 0 fully saturated rings. The zero-order valence-corrected chi connectivity index (χ0v) is 10.7. The molecule has 0 aliphatic carbocycles. The van der Waals surface area contributed by atoms with Crippen molar-refractivity contribution < 1.29 is 14.4 Å². The fraction of sp³-hybridized carbons (Fsp3) is 0.333. The third kappa shape index (κ3) is 2.88. The Morgan fingerprint density at radius 2 is 2.07 bits per heavy atom. The van der Waals surface area contributed by atoms with Crippen LogP contribution in [0.4, 0.5) is 0 Å². The first kappa shape index (κ1) is 12.9. The monoisotopic (exact) mass is 268 g/mol. The Balaban J connectivity index is 3.46. The number of halogens is 2. The number of aliphatic hydroxyl groups excluding tert-OH is 1. The van der Waals surface area contributed by atoms with Crippen LogP contribution in [0.1, 0.15) is 18.6 Å². The maximum absolute atomic E-state index is 11.6. The van der Waals surface area contributed by atoms with E-state index in [2.05, 4.69) is 0 Å². The van der Waals surface area contributed by atoms with Gasteiger partial charge in [0.1, 0.15) is 5.75 Å². The van der Waals surface area contributed by atoms with Gasteiger partial charge in [0.2, 0.25) is 0 Å². The molecule has 0 amide bonds. The van der Waals surface area contributed by atoms with Crippen molar-refractivity contribution in [1.82, 2.24) is 0 Å². The Labute approximate surface area is 97.9 Å². The van der Waals surface area contributed by atoms with Gasteiger partial charge in [0, 0.05) is 10.9 Å². The first-order valence-electron chi connectivity index (χ1n) is 4.22. The molecule has 0 aliphatic rings. The average Bonchev–Trinajstić information content (AvgIpc) is 2.15. The highest BCUT2D eigenvalue weighted by molar-refractivity contribution is 8.13. The van der Waals surface area contributed by atoms with Gasteiger partial charge >= 0.3 is 0 Å². The van der Waals surface area contributed by atoms with Gasteiger partial charge in [-0.05, 0) is 41.5 Å². The summed E-state index contributed by atoms with van der Waals surface area (Å²) in [7, 11) is 1.46. The van der Waals surface area contributed by atoms with E-state index in [4.69, 9.17) is 27.2 Å². The Kier molecular flexibility index (Phi) is 4.07. The van der Waals surface area contributed by atoms with Crippen LogP contribution >= 0.6 is 28.3 Å². The number of rotatable bonds is 3. The van der Waals surface area contributed by atoms with E-state index in [0.29, 0.717) is 11.3 Å². The molecule has 0 aromatic heterocycles. The third-order valence-corrected chi connectivity index (χ3v) is 4.00. The molecule has 1 aromatic rings. The maximum atomic E-state index is 11.6. The standard InChI is InChI=1S/C9H11Cl2O3P/c1-6(12)9-7(14-2)4-3-5-8(9)15(10,11)13/h3-6,12H,1-2H3. The SMILES string of the molecule is COc1cccc(P(=O)(Cl)Cl)c1C(C)O. The Morgan fingerprint density at radius 1 is 1.47 bits per heavy atom. The van der Waals surface area contributed by atoms with Crippen molar-refractivity contribution in [1.29, 1.82) is 0 Å². The number of hydrogen-bond acceptors (Lipinski definition) is 3. The van der Waals surface area contributed by atoms with E-state index >= 15 is 0 Å². The lowest BCUT2D eigenvalue weighted by Gasteiger charge is -2.16. The van der Waals surface area contributed by atoms with Crippen molar-refractivity contribution in [2.75, 3.05) is 7.11 Å². The van der Waals surface area contributed by atoms with Gasteiger partial charge in [-0.1, -0.05) is 6.07 Å². The van der Waals surface area contributed by atoms with Crippen LogP contribution in [0.3, 0.4) is 0 Å². The Morgan fingerprint density at radius 3 is 2.47 bits per heavy atom. The van der Waals surface area contributed by atoms with Gasteiger partial charge in [-0.3, -0.25) is 4.57 Å². The fourth-order valence-corrected chi connectivity index (χ4v) is 3.08. The summed E-state index contributed by atoms with van der Waals surface area (Å²) >= 11 is 11.2. The van der Waals surface area contributed by atoms with E-state index in [0.717, 1.165) is 0 Å². The molecular formula is C9H11Cl2O3P. The highest BCUT2D eigenvalue weighted by Gasteiger charge is 2.26. The van der Waals surface area contributed by atoms with Gasteiger partial charge in [0.25, 0.3) is 5.85 Å². The third-order valence-electron chi connectivity index (χ3n) is 1.96. The molecule has 0 radical (unpaired) electrons. The van der Waals surface area contributed by atoms with Gasteiger partial charge in [0.15, 0.2) is 0 Å². The number of aliphatic hydroxyl groups is 1. The highest BCUT2D eigenvalue weighted by Crippen LogP contribution is 2.57. The summed E-state index contributed by atoms with van der Waals surface area (Å²) in [6.45, 7) is 1.53. The van der Waals surface area contributed by atoms with Crippen molar-refractivity contribution in [3.8, 4) is 5.75 Å². The van der Waals surface area contributed by atoms with Crippen LogP contribution < -0.4 is 10.0 Å². The van der Waals surface area contributed by atoms with Gasteiger partial charge in [-0.15, -0.1) is 0 Å². The maximum Gasteiger partial charge on any atom is 0.282 e. The molecule has 1 N–H and O–H groups in total. The molecular weight excluding hydrogens is 258 g/mol. The molecule has 1 aromatic carbocycles. The molecule has 1 atom stereocenters. The lowest BCUT2D eigenvalue weighted by molar-refractivity contribution is 0.195. The lowest BCUT2D eigenvalue weighted by atomic mass is 10.1. The molecule has 84 valence electrons. The fourth-order valence-electron chi connectivity index (χ4n) is 1.36. The summed E-state index contributed by atoms with van der Waals surface area (Å²) in [6, 6.07) is 4.79. The summed E-state index contributed by atoms with van der Waals surface area (Å²) in [5.74, 6) is -3.02. The van der Waals surface area contributed by atoms with Gasteiger partial charge in [0.05, 0.1) is 13.2 Å². The van der Waals surface area contributed by atoms with E-state index in [9.17, 15) is 9.67 Å². The summed E-state index contributed by atoms with van der Waals surface area (Å²) in [4.78, 5) is 0. The smallest absolute Gasteiger partial charge is 0.282 e. The Hall–Kier alpha value is -0.210. The molecule has 1 rings (SSSR count). The van der Waals surface area contributed by atoms with E-state index in [-0.39, 0.29) is 5.30 Å². The van der Waals surface area contributed by atoms with E-state index in [1.54, 1.807) is 12.1 Å². The molecule has 0 saturated heterocycles. The van der Waals surface area contributed by atoms with Gasteiger partial charge in [-0.25, -0.2) is 0 Å². The van der Waals surface area contributed by atoms with Crippen molar-refractivity contribution in [2.24, 2.45) is 0 Å². The molecule has 0 bridgehead atoms. The molecule has 15 heavy (non-hydrogen) atoms. The topological polar surface area (TPSA) is 46.5 Å². The number of benzene rings is 1. The van der Waals surface area contributed by atoms with E-state index in [1.165, 1.54) is 20.1 Å². The van der Waals surface area contributed by atoms with Crippen LogP contribution in [0.2, 0.25) is 0 Å². The second kappa shape index (κ2) is 4.75. The van der Waals surface area contributed by atoms with Crippen molar-refractivity contribution in [2.45, 2.75) is 13.0 Å². The second-order valence-electron chi connectivity index (χ2n) is 3.03. The van der Waals surface area contributed by atoms with E-state index < -0.39 is 12.0 Å². The number of hydrogen-bond donors (Lipinski definition) is 1. The highest BCUT2D eigenvalue weighted by atomic mass is 35.9. The van der Waals surface area contributed by atoms with Crippen LogP contribution in [-0.4, -0.2) is 12.2 Å². The summed E-state index contributed by atoms with van der Waals surface area (Å²) < 4.78 is 16.6. The predicted molar refractivity (Wildman–Crippen MR) is 62.6 cm³/mol. The molecule has 0 spiro atoms. The minimum Gasteiger partial charge on any atom is -0.496 e. The van der Waals surface area contributed by atoms with Crippen LogP contribution in [0.5, 0.6) is 5.75 Å². The summed E-state index contributed by atoms with van der Waals surface area (Å²) in [5.41, 5.74) is 0.369. The van der Waals surface area contributed by atoms with Crippen molar-refractivity contribution >= 4 is 33.6 Å². The van der Waals surface area contributed by atoms with Crippen LogP contribution in [-0.2, 0) is 4.57 Å². The first-order chi connectivity index (χ1) is 6.88. The van der Waals surface area contributed by atoms with Crippen LogP contribution in [0.25, 0.3) is 0 Å². The second-order valence-corrected chi connectivity index (χ2v) is 7.81. The number of methoxy groups -OCH3 is 1. The molecule has 1 unspecified atom stereocenters. The quantitative estimate of drug-likeness (QED) is 0.858.